The van der Waals surface area contributed by atoms with Gasteiger partial charge in [-0.3, -0.25) is 15.2 Å². The van der Waals surface area contributed by atoms with Crippen LogP contribution < -0.4 is 10.5 Å². The van der Waals surface area contributed by atoms with Crippen molar-refractivity contribution in [1.29, 1.82) is 5.41 Å². The number of nitrogens with one attached hydrogen (secondary N) is 2. The average molecular weight is 604 g/mol. The number of benzene rings is 1. The molecule has 0 radical (unpaired) electrons. The average Bonchev–Trinajstić information content (AvgIpc) is 3.42. The third-order valence-electron chi connectivity index (χ3n) is 5.30. The van der Waals surface area contributed by atoms with Crippen LogP contribution in [0, 0.1) is 5.41 Å². The second-order valence-electron chi connectivity index (χ2n) is 8.12. The van der Waals surface area contributed by atoms with Crippen LogP contribution in [0.1, 0.15) is 17.5 Å². The minimum Gasteiger partial charge on any atom is -0.475 e. The van der Waals surface area contributed by atoms with Crippen molar-refractivity contribution < 1.29 is 36.3 Å². The van der Waals surface area contributed by atoms with Crippen molar-refractivity contribution in [3.05, 3.63) is 71.0 Å². The van der Waals surface area contributed by atoms with Gasteiger partial charge >= 0.3 is 12.1 Å². The van der Waals surface area contributed by atoms with E-state index in [1.165, 1.54) is 6.07 Å². The number of amidine groups is 1. The maximum Gasteiger partial charge on any atom is 0.490 e. The smallest absolute Gasteiger partial charge is 0.475 e. The molecular weight excluding hydrogens is 583 g/mol. The third-order valence-corrected chi connectivity index (χ3v) is 8.84. The number of nitrogens with two attached hydrogens (primary N) is 1. The SMILES string of the molecule is N=C(N)c1cccc(CN2CCC(NS(=O)(=O)c3cc(Cl)c(-c4cccnc4)s3)C2=O)c1.O=C(O)C(F)(F)F. The highest BCUT2D eigenvalue weighted by Crippen LogP contribution is 2.38. The summed E-state index contributed by atoms with van der Waals surface area (Å²) in [5.74, 6) is -3.10. The number of carbonyl (C=O) groups is 2. The first kappa shape index (κ1) is 30.0. The number of aliphatic carboxylic acids is 1. The molecule has 1 aromatic carbocycles. The topological polar surface area (TPSA) is 167 Å². The maximum absolute atomic E-state index is 12.9. The summed E-state index contributed by atoms with van der Waals surface area (Å²) in [6, 6.07) is 11.2. The predicted molar refractivity (Wildman–Crippen MR) is 138 cm³/mol. The number of nitrogen functional groups attached to an aromatic ring is 1. The Morgan fingerprint density at radius 2 is 1.97 bits per heavy atom. The van der Waals surface area contributed by atoms with Crippen molar-refractivity contribution in [1.82, 2.24) is 14.6 Å². The Kier molecular flexibility index (Phi) is 9.32. The van der Waals surface area contributed by atoms with Gasteiger partial charge in [0.1, 0.15) is 16.1 Å². The minimum atomic E-state index is -5.08. The number of thiophene rings is 1. The number of alkyl halides is 3. The molecule has 1 aliphatic heterocycles. The Labute approximate surface area is 229 Å². The molecule has 3 heterocycles. The van der Waals surface area contributed by atoms with Gasteiger partial charge in [0, 0.05) is 36.6 Å². The van der Waals surface area contributed by atoms with Crippen LogP contribution in [0.25, 0.3) is 10.4 Å². The fourth-order valence-corrected chi connectivity index (χ4v) is 6.53. The van der Waals surface area contributed by atoms with E-state index in [9.17, 15) is 26.4 Å². The molecular formula is C23H21ClF3N5O5S2. The molecule has 4 rings (SSSR count). The van der Waals surface area contributed by atoms with Crippen molar-refractivity contribution in [2.45, 2.75) is 29.4 Å². The summed E-state index contributed by atoms with van der Waals surface area (Å²) in [7, 11) is -3.93. The number of carbonyl (C=O) groups excluding carboxylic acids is 1. The van der Waals surface area contributed by atoms with Crippen molar-refractivity contribution in [2.24, 2.45) is 5.73 Å². The van der Waals surface area contributed by atoms with Gasteiger partial charge < -0.3 is 15.7 Å². The van der Waals surface area contributed by atoms with E-state index in [2.05, 4.69) is 9.71 Å². The second-order valence-corrected chi connectivity index (χ2v) is 11.5. The number of rotatable bonds is 7. The summed E-state index contributed by atoms with van der Waals surface area (Å²) in [6.07, 6.45) is -1.49. The highest BCUT2D eigenvalue weighted by molar-refractivity contribution is 7.91. The molecule has 0 bridgehead atoms. The number of aromatic nitrogens is 1. The van der Waals surface area contributed by atoms with Gasteiger partial charge in [-0.1, -0.05) is 35.9 Å². The maximum atomic E-state index is 12.9. The normalized spacial score (nSPS) is 15.5. The van der Waals surface area contributed by atoms with Crippen LogP contribution in [-0.4, -0.2) is 59.9 Å². The summed E-state index contributed by atoms with van der Waals surface area (Å²) in [6.45, 7) is 0.733. The summed E-state index contributed by atoms with van der Waals surface area (Å²) >= 11 is 7.30. The van der Waals surface area contributed by atoms with Crippen molar-refractivity contribution in [2.75, 3.05) is 6.54 Å². The Balaban J connectivity index is 0.000000532. The lowest BCUT2D eigenvalue weighted by Gasteiger charge is -2.17. The van der Waals surface area contributed by atoms with Crippen LogP contribution in [-0.2, 0) is 26.2 Å². The lowest BCUT2D eigenvalue weighted by atomic mass is 10.1. The molecule has 1 unspecified atom stereocenters. The highest BCUT2D eigenvalue weighted by Gasteiger charge is 2.38. The molecule has 1 atom stereocenters. The Bertz CT molecular complexity index is 1480. The van der Waals surface area contributed by atoms with Gasteiger partial charge in [-0.05, 0) is 30.2 Å². The van der Waals surface area contributed by atoms with Crippen LogP contribution in [0.4, 0.5) is 13.2 Å². The number of hydrogen-bond acceptors (Lipinski definition) is 7. The number of halogens is 4. The summed E-state index contributed by atoms with van der Waals surface area (Å²) in [4.78, 5) is 28.0. The van der Waals surface area contributed by atoms with Crippen LogP contribution in [0.5, 0.6) is 0 Å². The number of carboxylic acid groups (broad SMARTS) is 1. The molecule has 0 saturated carbocycles. The van der Waals surface area contributed by atoms with Gasteiger partial charge in [0.05, 0.1) is 9.90 Å². The highest BCUT2D eigenvalue weighted by atomic mass is 35.5. The molecule has 39 heavy (non-hydrogen) atoms. The zero-order valence-electron chi connectivity index (χ0n) is 19.8. The number of hydrogen-bond donors (Lipinski definition) is 4. The molecule has 0 aliphatic carbocycles. The fraction of sp³-hybridized carbons (Fsp3) is 0.217. The van der Waals surface area contributed by atoms with Crippen molar-refractivity contribution in [3.8, 4) is 10.4 Å². The lowest BCUT2D eigenvalue weighted by Crippen LogP contribution is -2.41. The summed E-state index contributed by atoms with van der Waals surface area (Å²) < 4.78 is 60.2. The second kappa shape index (κ2) is 12.1. The van der Waals surface area contributed by atoms with E-state index in [1.54, 1.807) is 47.6 Å². The third kappa shape index (κ3) is 7.75. The molecule has 0 spiro atoms. The summed E-state index contributed by atoms with van der Waals surface area (Å²) in [5, 5.41) is 15.0. The molecule has 1 saturated heterocycles. The lowest BCUT2D eigenvalue weighted by molar-refractivity contribution is -0.192. The molecule has 2 aromatic heterocycles. The van der Waals surface area contributed by atoms with E-state index >= 15 is 0 Å². The molecule has 10 nitrogen and oxygen atoms in total. The number of carboxylic acids is 1. The standard InChI is InChI=1S/C21H20ClN5O3S2.C2HF3O2/c22-16-10-18(31-19(16)15-5-2-7-25-11-15)32(29,30)26-17-6-8-27(21(17)28)12-13-3-1-4-14(9-13)20(23)24;3-2(4,5)1(6)7/h1-5,7,9-11,17,26H,6,8,12H2,(H3,23,24);(H,6,7). The van der Waals surface area contributed by atoms with Gasteiger partial charge in [-0.2, -0.15) is 17.9 Å². The zero-order chi connectivity index (χ0) is 29.0. The number of amides is 1. The van der Waals surface area contributed by atoms with Crippen molar-refractivity contribution >= 4 is 50.7 Å². The minimum absolute atomic E-state index is 0.0433. The molecule has 1 fully saturated rings. The molecule has 16 heteroatoms. The first-order chi connectivity index (χ1) is 18.2. The number of likely N-dealkylation sites (tertiary alicyclic amines) is 1. The van der Waals surface area contributed by atoms with Gasteiger partial charge in [0.25, 0.3) is 10.0 Å². The molecule has 5 N–H and O–H groups in total. The molecule has 208 valence electrons. The van der Waals surface area contributed by atoms with E-state index < -0.39 is 28.2 Å². The van der Waals surface area contributed by atoms with E-state index in [-0.39, 0.29) is 16.0 Å². The molecule has 1 amide bonds. The van der Waals surface area contributed by atoms with Crippen LogP contribution in [0.15, 0.2) is 59.1 Å². The van der Waals surface area contributed by atoms with E-state index in [0.717, 1.165) is 22.5 Å². The zero-order valence-corrected chi connectivity index (χ0v) is 22.2. The van der Waals surface area contributed by atoms with E-state index in [4.69, 9.17) is 32.6 Å². The summed E-state index contributed by atoms with van der Waals surface area (Å²) in [5.41, 5.74) is 7.65. The van der Waals surface area contributed by atoms with Crippen LogP contribution in [0.2, 0.25) is 5.02 Å². The van der Waals surface area contributed by atoms with Gasteiger partial charge in [-0.15, -0.1) is 11.3 Å². The Hall–Kier alpha value is -3.53. The van der Waals surface area contributed by atoms with Crippen LogP contribution >= 0.6 is 22.9 Å². The van der Waals surface area contributed by atoms with Gasteiger partial charge in [0.15, 0.2) is 0 Å². The largest absolute Gasteiger partial charge is 0.490 e. The Morgan fingerprint density at radius 3 is 2.56 bits per heavy atom. The first-order valence-electron chi connectivity index (χ1n) is 10.9. The predicted octanol–water partition coefficient (Wildman–Crippen LogP) is 3.46. The van der Waals surface area contributed by atoms with E-state index in [0.29, 0.717) is 35.0 Å². The fourth-order valence-electron chi connectivity index (χ4n) is 3.48. The quantitative estimate of drug-likeness (QED) is 0.237. The van der Waals surface area contributed by atoms with E-state index in [1.807, 2.05) is 6.07 Å². The Morgan fingerprint density at radius 1 is 1.28 bits per heavy atom. The molecule has 1 aliphatic rings. The number of pyridine rings is 1. The van der Waals surface area contributed by atoms with Gasteiger partial charge in [-0.25, -0.2) is 13.2 Å². The monoisotopic (exact) mass is 603 g/mol. The van der Waals surface area contributed by atoms with Crippen molar-refractivity contribution in [3.63, 3.8) is 0 Å². The van der Waals surface area contributed by atoms with Crippen LogP contribution in [0.3, 0.4) is 0 Å². The number of nitrogens with zero attached hydrogens (tertiary/aromatic N) is 2. The number of sulfonamides is 1. The first-order valence-corrected chi connectivity index (χ1v) is 13.6. The molecule has 3 aromatic rings. The van der Waals surface area contributed by atoms with Gasteiger partial charge in [0.2, 0.25) is 5.91 Å².